The summed E-state index contributed by atoms with van der Waals surface area (Å²) in [5.74, 6) is -0.741. The summed E-state index contributed by atoms with van der Waals surface area (Å²) >= 11 is 3.46. The Bertz CT molecular complexity index is 746. The van der Waals surface area contributed by atoms with Crippen molar-refractivity contribution in [2.75, 3.05) is 7.11 Å². The van der Waals surface area contributed by atoms with E-state index in [1.165, 1.54) is 7.11 Å². The molecule has 0 aliphatic heterocycles. The first-order valence-corrected chi connectivity index (χ1v) is 9.00. The van der Waals surface area contributed by atoms with E-state index in [0.29, 0.717) is 5.56 Å². The second-order valence-electron chi connectivity index (χ2n) is 5.92. The van der Waals surface area contributed by atoms with Crippen LogP contribution in [0.5, 0.6) is 0 Å². The Balaban J connectivity index is 2.37. The van der Waals surface area contributed by atoms with Crippen LogP contribution < -0.4 is 5.32 Å². The maximum Gasteiger partial charge on any atom is 0.328 e. The Kier molecular flexibility index (Phi) is 6.76. The van der Waals surface area contributed by atoms with Gasteiger partial charge in [0.05, 0.1) is 7.11 Å². The van der Waals surface area contributed by atoms with E-state index in [0.717, 1.165) is 22.0 Å². The minimum atomic E-state index is -0.672. The first-order chi connectivity index (χ1) is 12.0. The Morgan fingerprint density at radius 2 is 1.84 bits per heavy atom. The van der Waals surface area contributed by atoms with Crippen LogP contribution in [0, 0.1) is 5.92 Å². The number of ether oxygens (including phenoxy) is 1. The summed E-state index contributed by atoms with van der Waals surface area (Å²) in [4.78, 5) is 24.9. The van der Waals surface area contributed by atoms with Gasteiger partial charge in [-0.15, -0.1) is 0 Å². The summed E-state index contributed by atoms with van der Waals surface area (Å²) in [5, 5.41) is 2.84. The van der Waals surface area contributed by atoms with Crippen molar-refractivity contribution < 1.29 is 14.3 Å². The molecule has 0 aliphatic carbocycles. The molecule has 1 amide bonds. The van der Waals surface area contributed by atoms with Crippen molar-refractivity contribution in [1.29, 1.82) is 0 Å². The van der Waals surface area contributed by atoms with E-state index in [2.05, 4.69) is 21.2 Å². The lowest BCUT2D eigenvalue weighted by Crippen LogP contribution is -2.45. The highest BCUT2D eigenvalue weighted by molar-refractivity contribution is 9.10. The molecule has 4 nitrogen and oxygen atoms in total. The maximum atomic E-state index is 12.9. The van der Waals surface area contributed by atoms with Gasteiger partial charge >= 0.3 is 5.97 Å². The van der Waals surface area contributed by atoms with Crippen molar-refractivity contribution in [3.8, 4) is 11.1 Å². The topological polar surface area (TPSA) is 55.4 Å². The first kappa shape index (κ1) is 19.2. The lowest BCUT2D eigenvalue weighted by molar-refractivity contribution is -0.144. The molecule has 132 valence electrons. The van der Waals surface area contributed by atoms with Crippen LogP contribution in [0.1, 0.15) is 30.6 Å². The Morgan fingerprint density at radius 1 is 1.16 bits per heavy atom. The SMILES string of the molecule is CCC(C)[C@H](NC(=O)c1ccc(Br)cc1-c1ccccc1)C(=O)OC. The summed E-state index contributed by atoms with van der Waals surface area (Å²) < 4.78 is 5.73. The van der Waals surface area contributed by atoms with Gasteiger partial charge in [-0.2, -0.15) is 0 Å². The molecule has 0 saturated heterocycles. The number of methoxy groups -OCH3 is 1. The smallest absolute Gasteiger partial charge is 0.328 e. The fourth-order valence-corrected chi connectivity index (χ4v) is 2.95. The summed E-state index contributed by atoms with van der Waals surface area (Å²) in [6, 6.07) is 14.5. The second-order valence-corrected chi connectivity index (χ2v) is 6.83. The molecule has 25 heavy (non-hydrogen) atoms. The van der Waals surface area contributed by atoms with Gasteiger partial charge in [0.15, 0.2) is 0 Å². The highest BCUT2D eigenvalue weighted by Crippen LogP contribution is 2.27. The first-order valence-electron chi connectivity index (χ1n) is 8.21. The minimum absolute atomic E-state index is 0.0213. The largest absolute Gasteiger partial charge is 0.467 e. The molecule has 1 unspecified atom stereocenters. The van der Waals surface area contributed by atoms with Crippen LogP contribution in [0.15, 0.2) is 53.0 Å². The number of hydrogen-bond acceptors (Lipinski definition) is 3. The molecule has 0 heterocycles. The van der Waals surface area contributed by atoms with Crippen molar-refractivity contribution in [1.82, 2.24) is 5.32 Å². The highest BCUT2D eigenvalue weighted by Gasteiger charge is 2.27. The molecular formula is C20H22BrNO3. The normalized spacial score (nSPS) is 13.0. The number of carbonyl (C=O) groups excluding carboxylic acids is 2. The minimum Gasteiger partial charge on any atom is -0.467 e. The molecule has 0 aliphatic rings. The number of rotatable bonds is 6. The Morgan fingerprint density at radius 3 is 2.44 bits per heavy atom. The van der Waals surface area contributed by atoms with E-state index in [1.807, 2.05) is 56.3 Å². The number of amides is 1. The van der Waals surface area contributed by atoms with Crippen LogP contribution in [0.2, 0.25) is 0 Å². The third kappa shape index (κ3) is 4.69. The molecule has 0 spiro atoms. The number of carbonyl (C=O) groups is 2. The van der Waals surface area contributed by atoms with Crippen LogP contribution >= 0.6 is 15.9 Å². The molecule has 5 heteroatoms. The van der Waals surface area contributed by atoms with E-state index >= 15 is 0 Å². The Labute approximate surface area is 156 Å². The van der Waals surface area contributed by atoms with Crippen molar-refractivity contribution >= 4 is 27.8 Å². The van der Waals surface area contributed by atoms with Gasteiger partial charge in [0.2, 0.25) is 0 Å². The summed E-state index contributed by atoms with van der Waals surface area (Å²) in [5.41, 5.74) is 2.26. The van der Waals surface area contributed by atoms with Gasteiger partial charge in [-0.05, 0) is 35.2 Å². The zero-order valence-electron chi connectivity index (χ0n) is 14.6. The summed E-state index contributed by atoms with van der Waals surface area (Å²) in [7, 11) is 1.33. The van der Waals surface area contributed by atoms with E-state index in [-0.39, 0.29) is 11.8 Å². The van der Waals surface area contributed by atoms with Gasteiger partial charge in [0.25, 0.3) is 5.91 Å². The van der Waals surface area contributed by atoms with Crippen LogP contribution in [0.4, 0.5) is 0 Å². The molecule has 2 atom stereocenters. The van der Waals surface area contributed by atoms with Crippen molar-refractivity contribution in [2.24, 2.45) is 5.92 Å². The third-order valence-electron chi connectivity index (χ3n) is 4.27. The predicted molar refractivity (Wildman–Crippen MR) is 102 cm³/mol. The number of hydrogen-bond donors (Lipinski definition) is 1. The lowest BCUT2D eigenvalue weighted by Gasteiger charge is -2.22. The summed E-state index contributed by atoms with van der Waals surface area (Å²) in [6.07, 6.45) is 0.756. The third-order valence-corrected chi connectivity index (χ3v) is 4.76. The number of halogens is 1. The molecule has 0 fully saturated rings. The van der Waals surface area contributed by atoms with Crippen LogP contribution in [-0.2, 0) is 9.53 Å². The summed E-state index contributed by atoms with van der Waals surface area (Å²) in [6.45, 7) is 3.89. The molecule has 2 aromatic rings. The predicted octanol–water partition coefficient (Wildman–Crippen LogP) is 4.43. The molecule has 0 saturated carbocycles. The van der Waals surface area contributed by atoms with Crippen LogP contribution in [-0.4, -0.2) is 25.0 Å². The zero-order chi connectivity index (χ0) is 18.4. The van der Waals surface area contributed by atoms with E-state index in [9.17, 15) is 9.59 Å². The van der Waals surface area contributed by atoms with E-state index in [1.54, 1.807) is 6.07 Å². The molecule has 2 rings (SSSR count). The molecule has 0 aromatic heterocycles. The maximum absolute atomic E-state index is 12.9. The highest BCUT2D eigenvalue weighted by atomic mass is 79.9. The molecule has 2 aromatic carbocycles. The average molecular weight is 404 g/mol. The van der Waals surface area contributed by atoms with Gasteiger partial charge in [0.1, 0.15) is 6.04 Å². The Hall–Kier alpha value is -2.14. The quantitative estimate of drug-likeness (QED) is 0.725. The molecule has 1 N–H and O–H groups in total. The van der Waals surface area contributed by atoms with Gasteiger partial charge in [-0.1, -0.05) is 66.5 Å². The number of nitrogens with one attached hydrogen (secondary N) is 1. The standard InChI is InChI=1S/C20H22BrNO3/c1-4-13(2)18(20(24)25-3)22-19(23)16-11-10-15(21)12-17(16)14-8-6-5-7-9-14/h5-13,18H,4H2,1-3H3,(H,22,23)/t13?,18-/m0/s1. The molecular weight excluding hydrogens is 382 g/mol. The second kappa shape index (κ2) is 8.81. The van der Waals surface area contributed by atoms with E-state index < -0.39 is 12.0 Å². The average Bonchev–Trinajstić information content (AvgIpc) is 2.65. The fourth-order valence-electron chi connectivity index (χ4n) is 2.59. The zero-order valence-corrected chi connectivity index (χ0v) is 16.2. The number of benzene rings is 2. The van der Waals surface area contributed by atoms with Crippen LogP contribution in [0.3, 0.4) is 0 Å². The molecule has 0 bridgehead atoms. The van der Waals surface area contributed by atoms with Crippen molar-refractivity contribution in [2.45, 2.75) is 26.3 Å². The van der Waals surface area contributed by atoms with Crippen LogP contribution in [0.25, 0.3) is 11.1 Å². The van der Waals surface area contributed by atoms with Crippen molar-refractivity contribution in [3.63, 3.8) is 0 Å². The van der Waals surface area contributed by atoms with Crippen molar-refractivity contribution in [3.05, 3.63) is 58.6 Å². The monoisotopic (exact) mass is 403 g/mol. The van der Waals surface area contributed by atoms with Gasteiger partial charge in [-0.3, -0.25) is 4.79 Å². The van der Waals surface area contributed by atoms with Gasteiger partial charge in [-0.25, -0.2) is 4.79 Å². The van der Waals surface area contributed by atoms with Gasteiger partial charge in [0, 0.05) is 10.0 Å². The van der Waals surface area contributed by atoms with Gasteiger partial charge < -0.3 is 10.1 Å². The lowest BCUT2D eigenvalue weighted by atomic mass is 9.96. The molecule has 0 radical (unpaired) electrons. The number of esters is 1. The van der Waals surface area contributed by atoms with E-state index in [4.69, 9.17) is 4.74 Å². The fraction of sp³-hybridized carbons (Fsp3) is 0.300.